The summed E-state index contributed by atoms with van der Waals surface area (Å²) >= 11 is 0. The van der Waals surface area contributed by atoms with E-state index in [0.717, 1.165) is 16.7 Å². The Kier molecular flexibility index (Phi) is 4.34. The molecular formula is C19H20N2O3. The zero-order valence-corrected chi connectivity index (χ0v) is 13.8. The first kappa shape index (κ1) is 16.2. The van der Waals surface area contributed by atoms with Crippen LogP contribution in [0.4, 0.5) is 0 Å². The SMILES string of the molecule is CC(C)CCNC(=O)CN1C(=O)c2cccc3cccc(c23)C1=O. The van der Waals surface area contributed by atoms with Crippen LogP contribution in [0, 0.1) is 5.92 Å². The first-order chi connectivity index (χ1) is 11.5. The Balaban J connectivity index is 1.83. The van der Waals surface area contributed by atoms with E-state index in [-0.39, 0.29) is 12.5 Å². The molecule has 0 aromatic heterocycles. The van der Waals surface area contributed by atoms with Crippen LogP contribution in [0.1, 0.15) is 41.0 Å². The lowest BCUT2D eigenvalue weighted by Crippen LogP contribution is -2.46. The summed E-state index contributed by atoms with van der Waals surface area (Å²) in [5.41, 5.74) is 0.940. The number of hydrogen-bond donors (Lipinski definition) is 1. The number of carbonyl (C=O) groups is 3. The van der Waals surface area contributed by atoms with Crippen LogP contribution in [0.15, 0.2) is 36.4 Å². The van der Waals surface area contributed by atoms with Gasteiger partial charge in [0.15, 0.2) is 0 Å². The summed E-state index contributed by atoms with van der Waals surface area (Å²) in [6.07, 6.45) is 0.857. The van der Waals surface area contributed by atoms with Crippen molar-refractivity contribution in [2.75, 3.05) is 13.1 Å². The molecule has 124 valence electrons. The van der Waals surface area contributed by atoms with Crippen LogP contribution in [-0.2, 0) is 4.79 Å². The van der Waals surface area contributed by atoms with Gasteiger partial charge in [0.2, 0.25) is 5.91 Å². The fourth-order valence-corrected chi connectivity index (χ4v) is 2.92. The molecule has 1 aliphatic heterocycles. The molecule has 0 atom stereocenters. The molecule has 0 saturated carbocycles. The Morgan fingerprint density at radius 1 is 1.04 bits per heavy atom. The zero-order valence-electron chi connectivity index (χ0n) is 13.8. The van der Waals surface area contributed by atoms with Gasteiger partial charge in [-0.3, -0.25) is 19.3 Å². The molecule has 2 aromatic rings. The quantitative estimate of drug-likeness (QED) is 0.860. The summed E-state index contributed by atoms with van der Waals surface area (Å²) < 4.78 is 0. The molecule has 0 saturated heterocycles. The van der Waals surface area contributed by atoms with E-state index in [1.807, 2.05) is 12.1 Å². The molecular weight excluding hydrogens is 304 g/mol. The summed E-state index contributed by atoms with van der Waals surface area (Å²) in [5.74, 6) is -0.663. The Morgan fingerprint density at radius 2 is 1.62 bits per heavy atom. The van der Waals surface area contributed by atoms with E-state index in [4.69, 9.17) is 0 Å². The van der Waals surface area contributed by atoms with Gasteiger partial charge in [-0.1, -0.05) is 38.1 Å². The van der Waals surface area contributed by atoms with Gasteiger partial charge in [-0.2, -0.15) is 0 Å². The zero-order chi connectivity index (χ0) is 17.3. The molecule has 24 heavy (non-hydrogen) atoms. The first-order valence-corrected chi connectivity index (χ1v) is 8.13. The molecule has 5 nitrogen and oxygen atoms in total. The van der Waals surface area contributed by atoms with Gasteiger partial charge in [0, 0.05) is 23.1 Å². The van der Waals surface area contributed by atoms with Gasteiger partial charge in [0.05, 0.1) is 0 Å². The van der Waals surface area contributed by atoms with Crippen LogP contribution in [0.5, 0.6) is 0 Å². The summed E-state index contributed by atoms with van der Waals surface area (Å²) in [6.45, 7) is 4.43. The van der Waals surface area contributed by atoms with Crippen LogP contribution in [0.25, 0.3) is 10.8 Å². The molecule has 0 aliphatic carbocycles. The van der Waals surface area contributed by atoms with Gasteiger partial charge >= 0.3 is 0 Å². The van der Waals surface area contributed by atoms with Crippen molar-refractivity contribution < 1.29 is 14.4 Å². The Labute approximate surface area is 140 Å². The Bertz CT molecular complexity index is 776. The highest BCUT2D eigenvalue weighted by atomic mass is 16.2. The van der Waals surface area contributed by atoms with E-state index >= 15 is 0 Å². The minimum atomic E-state index is -0.414. The monoisotopic (exact) mass is 324 g/mol. The second-order valence-corrected chi connectivity index (χ2v) is 6.44. The maximum atomic E-state index is 12.7. The number of amides is 3. The molecule has 1 aliphatic rings. The van der Waals surface area contributed by atoms with Crippen LogP contribution in [0.2, 0.25) is 0 Å². The molecule has 0 radical (unpaired) electrons. The van der Waals surface area contributed by atoms with Crippen molar-refractivity contribution in [1.82, 2.24) is 10.2 Å². The third-order valence-electron chi connectivity index (χ3n) is 4.20. The standard InChI is InChI=1S/C19H20N2O3/c1-12(2)9-10-20-16(22)11-21-18(23)14-7-3-5-13-6-4-8-15(17(13)14)19(21)24/h3-8,12H,9-11H2,1-2H3,(H,20,22). The van der Waals surface area contributed by atoms with Crippen molar-refractivity contribution in [3.8, 4) is 0 Å². The van der Waals surface area contributed by atoms with Crippen LogP contribution >= 0.6 is 0 Å². The minimum Gasteiger partial charge on any atom is -0.355 e. The first-order valence-electron chi connectivity index (χ1n) is 8.13. The summed E-state index contributed by atoms with van der Waals surface area (Å²) in [6, 6.07) is 10.7. The number of hydrogen-bond acceptors (Lipinski definition) is 3. The van der Waals surface area contributed by atoms with Gasteiger partial charge in [0.25, 0.3) is 11.8 Å². The molecule has 0 unspecified atom stereocenters. The van der Waals surface area contributed by atoms with Crippen molar-refractivity contribution >= 4 is 28.5 Å². The number of nitrogens with zero attached hydrogens (tertiary/aromatic N) is 1. The molecule has 3 amide bonds. The van der Waals surface area contributed by atoms with Gasteiger partial charge in [-0.15, -0.1) is 0 Å². The van der Waals surface area contributed by atoms with Crippen LogP contribution < -0.4 is 5.32 Å². The van der Waals surface area contributed by atoms with Crippen molar-refractivity contribution in [1.29, 1.82) is 0 Å². The van der Waals surface area contributed by atoms with Crippen molar-refractivity contribution in [2.24, 2.45) is 5.92 Å². The van der Waals surface area contributed by atoms with Gasteiger partial charge in [-0.25, -0.2) is 0 Å². The second kappa shape index (κ2) is 6.43. The minimum absolute atomic E-state index is 0.250. The molecule has 1 heterocycles. The molecule has 5 heteroatoms. The second-order valence-electron chi connectivity index (χ2n) is 6.44. The van der Waals surface area contributed by atoms with Crippen molar-refractivity contribution in [3.63, 3.8) is 0 Å². The lowest BCUT2D eigenvalue weighted by Gasteiger charge is -2.26. The third kappa shape index (κ3) is 2.89. The predicted molar refractivity (Wildman–Crippen MR) is 91.8 cm³/mol. The molecule has 0 bridgehead atoms. The Morgan fingerprint density at radius 3 is 2.17 bits per heavy atom. The highest BCUT2D eigenvalue weighted by Crippen LogP contribution is 2.29. The van der Waals surface area contributed by atoms with Crippen molar-refractivity contribution in [3.05, 3.63) is 47.5 Å². The average Bonchev–Trinajstić information content (AvgIpc) is 2.56. The Hall–Kier alpha value is -2.69. The highest BCUT2D eigenvalue weighted by Gasteiger charge is 2.33. The maximum absolute atomic E-state index is 12.7. The van der Waals surface area contributed by atoms with Gasteiger partial charge < -0.3 is 5.32 Å². The van der Waals surface area contributed by atoms with E-state index in [1.165, 1.54) is 0 Å². The summed E-state index contributed by atoms with van der Waals surface area (Å²) in [7, 11) is 0. The molecule has 0 fully saturated rings. The fourth-order valence-electron chi connectivity index (χ4n) is 2.92. The van der Waals surface area contributed by atoms with E-state index in [2.05, 4.69) is 19.2 Å². The largest absolute Gasteiger partial charge is 0.355 e. The van der Waals surface area contributed by atoms with E-state index in [0.29, 0.717) is 29.0 Å². The normalized spacial score (nSPS) is 13.7. The van der Waals surface area contributed by atoms with E-state index in [9.17, 15) is 14.4 Å². The lowest BCUT2D eigenvalue weighted by atomic mass is 9.94. The fraction of sp³-hybridized carbons (Fsp3) is 0.316. The molecule has 2 aromatic carbocycles. The van der Waals surface area contributed by atoms with Gasteiger partial charge in [-0.05, 0) is 29.9 Å². The lowest BCUT2D eigenvalue weighted by molar-refractivity contribution is -0.121. The number of nitrogens with one attached hydrogen (secondary N) is 1. The summed E-state index contributed by atoms with van der Waals surface area (Å²) in [4.78, 5) is 38.4. The molecule has 1 N–H and O–H groups in total. The summed E-state index contributed by atoms with van der Waals surface area (Å²) in [5, 5.41) is 4.29. The predicted octanol–water partition coefficient (Wildman–Crippen LogP) is 2.60. The maximum Gasteiger partial charge on any atom is 0.261 e. The third-order valence-corrected chi connectivity index (χ3v) is 4.20. The number of rotatable bonds is 5. The van der Waals surface area contributed by atoms with E-state index < -0.39 is 11.8 Å². The molecule has 0 spiro atoms. The number of carbonyl (C=O) groups excluding carboxylic acids is 3. The van der Waals surface area contributed by atoms with Gasteiger partial charge in [0.1, 0.15) is 6.54 Å². The smallest absolute Gasteiger partial charge is 0.261 e. The topological polar surface area (TPSA) is 66.5 Å². The van der Waals surface area contributed by atoms with Crippen molar-refractivity contribution in [2.45, 2.75) is 20.3 Å². The number of benzene rings is 2. The average molecular weight is 324 g/mol. The highest BCUT2D eigenvalue weighted by molar-refractivity contribution is 6.26. The molecule has 3 rings (SSSR count). The van der Waals surface area contributed by atoms with E-state index in [1.54, 1.807) is 24.3 Å². The van der Waals surface area contributed by atoms with Crippen LogP contribution in [-0.4, -0.2) is 35.7 Å². The van der Waals surface area contributed by atoms with Crippen LogP contribution in [0.3, 0.4) is 0 Å². The number of imide groups is 1.